The molecule has 1 aromatic carbocycles. The Balaban J connectivity index is 2.32. The number of hydrogen-bond acceptors (Lipinski definition) is 3. The van der Waals surface area contributed by atoms with Crippen molar-refractivity contribution in [3.8, 4) is 17.3 Å². The van der Waals surface area contributed by atoms with E-state index in [0.29, 0.717) is 17.0 Å². The van der Waals surface area contributed by atoms with Crippen LogP contribution in [-0.4, -0.2) is 14.6 Å². The predicted molar refractivity (Wildman–Crippen MR) is 80.4 cm³/mol. The lowest BCUT2D eigenvalue weighted by Crippen LogP contribution is -1.96. The summed E-state index contributed by atoms with van der Waals surface area (Å²) >= 11 is 9.24. The van der Waals surface area contributed by atoms with Crippen LogP contribution in [0.3, 0.4) is 0 Å². The van der Waals surface area contributed by atoms with Crippen molar-refractivity contribution in [2.24, 2.45) is 0 Å². The summed E-state index contributed by atoms with van der Waals surface area (Å²) in [6.07, 6.45) is 0. The number of fused-ring (bicyclic) bond motifs is 1. The first-order valence-corrected chi connectivity index (χ1v) is 7.16. The minimum atomic E-state index is 0.213. The number of hydrogen-bond donors (Lipinski definition) is 0. The zero-order valence-electron chi connectivity index (χ0n) is 10.2. The molecule has 0 aliphatic heterocycles. The topological polar surface area (TPSA) is 54.0 Å². The van der Waals surface area contributed by atoms with Crippen molar-refractivity contribution in [1.29, 1.82) is 5.26 Å². The maximum atomic E-state index is 9.15. The van der Waals surface area contributed by atoms with Crippen LogP contribution in [0.5, 0.6) is 0 Å². The van der Waals surface area contributed by atoms with Crippen LogP contribution in [0.2, 0.25) is 0 Å². The minimum Gasteiger partial charge on any atom is -0.212 e. The summed E-state index contributed by atoms with van der Waals surface area (Å²) in [5.74, 6) is 0.718. The van der Waals surface area contributed by atoms with Crippen molar-refractivity contribution in [2.45, 2.75) is 5.88 Å². The second-order valence-corrected chi connectivity index (χ2v) is 5.33. The number of nitriles is 1. The second kappa shape index (κ2) is 5.23. The van der Waals surface area contributed by atoms with Crippen molar-refractivity contribution in [1.82, 2.24) is 14.6 Å². The van der Waals surface area contributed by atoms with Gasteiger partial charge in [0.15, 0.2) is 11.5 Å². The number of halogens is 2. The van der Waals surface area contributed by atoms with Gasteiger partial charge in [0.1, 0.15) is 6.07 Å². The molecule has 0 N–H and O–H groups in total. The van der Waals surface area contributed by atoms with Crippen LogP contribution in [0.15, 0.2) is 40.9 Å². The highest BCUT2D eigenvalue weighted by atomic mass is 79.9. The highest BCUT2D eigenvalue weighted by Crippen LogP contribution is 2.25. The SMILES string of the molecule is N#Cc1ccc(-c2cccc(Br)c2)n2nc(CCl)nc12. The predicted octanol–water partition coefficient (Wildman–Crippen LogP) is 3.77. The van der Waals surface area contributed by atoms with Gasteiger partial charge in [-0.2, -0.15) is 5.26 Å². The Morgan fingerprint density at radius 2 is 2.15 bits per heavy atom. The third-order valence-corrected chi connectivity index (χ3v) is 3.62. The average molecular weight is 348 g/mol. The van der Waals surface area contributed by atoms with Crippen molar-refractivity contribution in [3.63, 3.8) is 0 Å². The Morgan fingerprint density at radius 3 is 2.85 bits per heavy atom. The van der Waals surface area contributed by atoms with E-state index in [9.17, 15) is 0 Å². The van der Waals surface area contributed by atoms with E-state index in [4.69, 9.17) is 16.9 Å². The first kappa shape index (κ1) is 13.1. The van der Waals surface area contributed by atoms with Gasteiger partial charge in [-0.25, -0.2) is 9.50 Å². The molecular weight excluding hydrogens is 340 g/mol. The lowest BCUT2D eigenvalue weighted by molar-refractivity contribution is 0.929. The Labute approximate surface area is 128 Å². The Kier molecular flexibility index (Phi) is 3.43. The summed E-state index contributed by atoms with van der Waals surface area (Å²) in [4.78, 5) is 4.30. The molecule has 0 aliphatic rings. The van der Waals surface area contributed by atoms with Crippen molar-refractivity contribution >= 4 is 33.2 Å². The molecule has 3 aromatic rings. The van der Waals surface area contributed by atoms with E-state index in [2.05, 4.69) is 32.1 Å². The van der Waals surface area contributed by atoms with Crippen LogP contribution < -0.4 is 0 Å². The fourth-order valence-electron chi connectivity index (χ4n) is 2.01. The van der Waals surface area contributed by atoms with Gasteiger partial charge in [0.25, 0.3) is 0 Å². The van der Waals surface area contributed by atoms with Gasteiger partial charge >= 0.3 is 0 Å². The Hall–Kier alpha value is -1.90. The molecule has 2 aromatic heterocycles. The van der Waals surface area contributed by atoms with Gasteiger partial charge in [-0.05, 0) is 24.3 Å². The van der Waals surface area contributed by atoms with E-state index in [1.54, 1.807) is 10.6 Å². The molecule has 0 amide bonds. The summed E-state index contributed by atoms with van der Waals surface area (Å²) < 4.78 is 2.64. The maximum absolute atomic E-state index is 9.15. The number of benzene rings is 1. The summed E-state index contributed by atoms with van der Waals surface area (Å²) in [5, 5.41) is 13.5. The molecule has 0 atom stereocenters. The second-order valence-electron chi connectivity index (χ2n) is 4.15. The summed E-state index contributed by atoms with van der Waals surface area (Å²) in [7, 11) is 0. The van der Waals surface area contributed by atoms with E-state index < -0.39 is 0 Å². The maximum Gasteiger partial charge on any atom is 0.174 e. The molecule has 3 rings (SSSR count). The fraction of sp³-hybridized carbons (Fsp3) is 0.0714. The number of rotatable bonds is 2. The van der Waals surface area contributed by atoms with Crippen molar-refractivity contribution in [3.05, 3.63) is 52.3 Å². The molecule has 0 fully saturated rings. The normalized spacial score (nSPS) is 10.7. The molecule has 0 spiro atoms. The van der Waals surface area contributed by atoms with Gasteiger partial charge in [0, 0.05) is 10.0 Å². The molecule has 98 valence electrons. The molecule has 6 heteroatoms. The van der Waals surface area contributed by atoms with Crippen molar-refractivity contribution in [2.75, 3.05) is 0 Å². The molecule has 0 aliphatic carbocycles. The van der Waals surface area contributed by atoms with E-state index in [1.165, 1.54) is 0 Å². The lowest BCUT2D eigenvalue weighted by Gasteiger charge is -2.05. The average Bonchev–Trinajstić information content (AvgIpc) is 2.90. The number of alkyl halides is 1. The Bertz CT molecular complexity index is 835. The monoisotopic (exact) mass is 346 g/mol. The van der Waals surface area contributed by atoms with E-state index in [-0.39, 0.29) is 5.88 Å². The molecule has 0 unspecified atom stereocenters. The minimum absolute atomic E-state index is 0.213. The first-order valence-electron chi connectivity index (χ1n) is 5.83. The van der Waals surface area contributed by atoms with Crippen LogP contribution in [0.25, 0.3) is 16.9 Å². The molecule has 2 heterocycles. The van der Waals surface area contributed by atoms with Gasteiger partial charge in [0.2, 0.25) is 0 Å². The molecule has 20 heavy (non-hydrogen) atoms. The summed E-state index contributed by atoms with van der Waals surface area (Å²) in [5.41, 5.74) is 2.86. The summed E-state index contributed by atoms with van der Waals surface area (Å²) in [6.45, 7) is 0. The van der Waals surface area contributed by atoms with Gasteiger partial charge < -0.3 is 0 Å². The molecule has 0 bridgehead atoms. The molecule has 0 saturated carbocycles. The van der Waals surface area contributed by atoms with Crippen LogP contribution >= 0.6 is 27.5 Å². The standard InChI is InChI=1S/C14H8BrClN4/c15-11-3-1-2-9(6-11)12-5-4-10(8-17)14-18-13(7-16)19-20(12)14/h1-6H,7H2. The van der Waals surface area contributed by atoms with Gasteiger partial charge in [-0.1, -0.05) is 28.1 Å². The van der Waals surface area contributed by atoms with Crippen LogP contribution in [-0.2, 0) is 5.88 Å². The third-order valence-electron chi connectivity index (χ3n) is 2.89. The smallest absolute Gasteiger partial charge is 0.174 e. The zero-order valence-corrected chi connectivity index (χ0v) is 12.6. The van der Waals surface area contributed by atoms with Gasteiger partial charge in [-0.3, -0.25) is 0 Å². The highest BCUT2D eigenvalue weighted by molar-refractivity contribution is 9.10. The van der Waals surface area contributed by atoms with Crippen LogP contribution in [0.1, 0.15) is 11.4 Å². The first-order chi connectivity index (χ1) is 9.72. The van der Waals surface area contributed by atoms with E-state index in [1.807, 2.05) is 30.3 Å². The Morgan fingerprint density at radius 1 is 1.30 bits per heavy atom. The lowest BCUT2D eigenvalue weighted by atomic mass is 10.1. The van der Waals surface area contributed by atoms with E-state index in [0.717, 1.165) is 15.7 Å². The fourth-order valence-corrected chi connectivity index (χ4v) is 2.53. The van der Waals surface area contributed by atoms with Crippen molar-refractivity contribution < 1.29 is 0 Å². The van der Waals surface area contributed by atoms with Gasteiger partial charge in [-0.15, -0.1) is 16.7 Å². The molecule has 0 saturated heterocycles. The van der Waals surface area contributed by atoms with Crippen LogP contribution in [0, 0.1) is 11.3 Å². The highest BCUT2D eigenvalue weighted by Gasteiger charge is 2.12. The largest absolute Gasteiger partial charge is 0.212 e. The molecular formula is C14H8BrClN4. The quantitative estimate of drug-likeness (QED) is 0.663. The molecule has 0 radical (unpaired) electrons. The van der Waals surface area contributed by atoms with Gasteiger partial charge in [0.05, 0.1) is 17.1 Å². The zero-order chi connectivity index (χ0) is 14.1. The number of aromatic nitrogens is 3. The number of nitrogens with zero attached hydrogens (tertiary/aromatic N) is 4. The van der Waals surface area contributed by atoms with E-state index >= 15 is 0 Å². The number of pyridine rings is 1. The third kappa shape index (κ3) is 2.17. The molecule has 4 nitrogen and oxygen atoms in total. The van der Waals surface area contributed by atoms with Crippen LogP contribution in [0.4, 0.5) is 0 Å². The summed E-state index contributed by atoms with van der Waals surface area (Å²) in [6, 6.07) is 13.6.